The van der Waals surface area contributed by atoms with E-state index in [4.69, 9.17) is 9.47 Å². The Balaban J connectivity index is 3.11. The van der Waals surface area contributed by atoms with Crippen LogP contribution in [0.1, 0.15) is 35.3 Å². The Kier molecular flexibility index (Phi) is 5.35. The van der Waals surface area contributed by atoms with Crippen LogP contribution in [0.3, 0.4) is 0 Å². The van der Waals surface area contributed by atoms with Gasteiger partial charge in [0.05, 0.1) is 24.3 Å². The molecule has 1 rings (SSSR count). The zero-order chi connectivity index (χ0) is 14.5. The molecule has 0 fully saturated rings. The van der Waals surface area contributed by atoms with Crippen LogP contribution >= 0.6 is 0 Å². The van der Waals surface area contributed by atoms with Gasteiger partial charge in [-0.3, -0.25) is 0 Å². The normalized spacial score (nSPS) is 11.4. The highest BCUT2D eigenvalue weighted by molar-refractivity contribution is 5.89. The van der Waals surface area contributed by atoms with Crippen LogP contribution in [0.4, 0.5) is 13.2 Å². The van der Waals surface area contributed by atoms with Gasteiger partial charge in [0.25, 0.3) is 0 Å². The molecule has 6 heteroatoms. The van der Waals surface area contributed by atoms with Crippen molar-refractivity contribution in [2.75, 3.05) is 13.2 Å². The Hall–Kier alpha value is -1.56. The van der Waals surface area contributed by atoms with Crippen LogP contribution in [-0.2, 0) is 22.3 Å². The van der Waals surface area contributed by atoms with Crippen molar-refractivity contribution in [1.82, 2.24) is 0 Å². The highest BCUT2D eigenvalue weighted by Crippen LogP contribution is 2.33. The van der Waals surface area contributed by atoms with Crippen molar-refractivity contribution in [3.63, 3.8) is 0 Å². The average Bonchev–Trinajstić information content (AvgIpc) is 2.35. The molecule has 0 bridgehead atoms. The Morgan fingerprint density at radius 3 is 2.42 bits per heavy atom. The van der Waals surface area contributed by atoms with Crippen molar-refractivity contribution in [3.05, 3.63) is 34.9 Å². The first-order chi connectivity index (χ1) is 8.90. The lowest BCUT2D eigenvalue weighted by atomic mass is 10.0. The van der Waals surface area contributed by atoms with E-state index in [2.05, 4.69) is 0 Å². The van der Waals surface area contributed by atoms with Crippen molar-refractivity contribution in [1.29, 1.82) is 0 Å². The number of rotatable bonds is 5. The van der Waals surface area contributed by atoms with Gasteiger partial charge in [-0.1, -0.05) is 0 Å². The van der Waals surface area contributed by atoms with Crippen LogP contribution in [0, 0.1) is 0 Å². The lowest BCUT2D eigenvalue weighted by molar-refractivity contribution is -0.138. The summed E-state index contributed by atoms with van der Waals surface area (Å²) in [6.07, 6.45) is -4.47. The molecule has 0 amide bonds. The second-order valence-corrected chi connectivity index (χ2v) is 3.73. The summed E-state index contributed by atoms with van der Waals surface area (Å²) >= 11 is 0. The number of hydrogen-bond donors (Lipinski definition) is 0. The third-order valence-corrected chi connectivity index (χ3v) is 2.38. The van der Waals surface area contributed by atoms with E-state index >= 15 is 0 Å². The van der Waals surface area contributed by atoms with Gasteiger partial charge in [-0.15, -0.1) is 0 Å². The third-order valence-electron chi connectivity index (χ3n) is 2.38. The quantitative estimate of drug-likeness (QED) is 0.773. The summed E-state index contributed by atoms with van der Waals surface area (Å²) in [5.74, 6) is -0.644. The monoisotopic (exact) mass is 276 g/mol. The minimum Gasteiger partial charge on any atom is -0.462 e. The van der Waals surface area contributed by atoms with E-state index in [0.717, 1.165) is 18.2 Å². The largest absolute Gasteiger partial charge is 0.462 e. The number of hydrogen-bond acceptors (Lipinski definition) is 3. The minimum absolute atomic E-state index is 0.0695. The maximum absolute atomic E-state index is 12.8. The maximum Gasteiger partial charge on any atom is 0.416 e. The molecule has 0 aliphatic rings. The van der Waals surface area contributed by atoms with Crippen LogP contribution in [0.2, 0.25) is 0 Å². The highest BCUT2D eigenvalue weighted by Gasteiger charge is 2.33. The second kappa shape index (κ2) is 6.56. The second-order valence-electron chi connectivity index (χ2n) is 3.73. The third kappa shape index (κ3) is 4.24. The molecule has 3 nitrogen and oxygen atoms in total. The standard InChI is InChI=1S/C13H15F3O3/c1-3-18-8-10-7-9(12(17)19-4-2)5-6-11(10)13(14,15)16/h5-7H,3-4,8H2,1-2H3. The summed E-state index contributed by atoms with van der Waals surface area (Å²) in [6, 6.07) is 3.15. The highest BCUT2D eigenvalue weighted by atomic mass is 19.4. The van der Waals surface area contributed by atoms with Crippen LogP contribution < -0.4 is 0 Å². The van der Waals surface area contributed by atoms with Gasteiger partial charge in [0.15, 0.2) is 0 Å². The van der Waals surface area contributed by atoms with Gasteiger partial charge in [0.1, 0.15) is 0 Å². The first-order valence-corrected chi connectivity index (χ1v) is 5.85. The molecule has 0 N–H and O–H groups in total. The van der Waals surface area contributed by atoms with Gasteiger partial charge in [-0.2, -0.15) is 13.2 Å². The molecule has 0 spiro atoms. The fourth-order valence-corrected chi connectivity index (χ4v) is 1.54. The molecule has 0 saturated carbocycles. The summed E-state index contributed by atoms with van der Waals surface area (Å²) in [4.78, 5) is 11.5. The first kappa shape index (κ1) is 15.5. The van der Waals surface area contributed by atoms with Crippen molar-refractivity contribution in [2.45, 2.75) is 26.6 Å². The van der Waals surface area contributed by atoms with Crippen LogP contribution in [0.25, 0.3) is 0 Å². The molecule has 0 saturated heterocycles. The lowest BCUT2D eigenvalue weighted by Gasteiger charge is -2.14. The summed E-state index contributed by atoms with van der Waals surface area (Å²) in [5.41, 5.74) is -0.779. The first-order valence-electron chi connectivity index (χ1n) is 5.85. The number of carbonyl (C=O) groups excluding carboxylic acids is 1. The van der Waals surface area contributed by atoms with E-state index in [9.17, 15) is 18.0 Å². The molecule has 0 heterocycles. The van der Waals surface area contributed by atoms with Gasteiger partial charge in [-0.25, -0.2) is 4.79 Å². The molecular weight excluding hydrogens is 261 g/mol. The lowest BCUT2D eigenvalue weighted by Crippen LogP contribution is -2.13. The molecular formula is C13H15F3O3. The average molecular weight is 276 g/mol. The Bertz CT molecular complexity index is 441. The van der Waals surface area contributed by atoms with E-state index in [0.29, 0.717) is 6.61 Å². The van der Waals surface area contributed by atoms with Crippen molar-refractivity contribution < 1.29 is 27.4 Å². The van der Waals surface area contributed by atoms with Crippen molar-refractivity contribution in [3.8, 4) is 0 Å². The molecule has 0 aliphatic heterocycles. The molecule has 19 heavy (non-hydrogen) atoms. The molecule has 0 radical (unpaired) electrons. The van der Waals surface area contributed by atoms with Crippen molar-refractivity contribution >= 4 is 5.97 Å². The summed E-state index contributed by atoms with van der Waals surface area (Å²) in [6.45, 7) is 3.58. The fraction of sp³-hybridized carbons (Fsp3) is 0.462. The summed E-state index contributed by atoms with van der Waals surface area (Å²) in [5, 5.41) is 0. The minimum atomic E-state index is -4.47. The van der Waals surface area contributed by atoms with Crippen LogP contribution in [0.5, 0.6) is 0 Å². The molecule has 1 aromatic carbocycles. The number of carbonyl (C=O) groups is 1. The smallest absolute Gasteiger partial charge is 0.416 e. The predicted molar refractivity (Wildman–Crippen MR) is 62.7 cm³/mol. The van der Waals surface area contributed by atoms with Gasteiger partial charge in [0, 0.05) is 6.61 Å². The van der Waals surface area contributed by atoms with E-state index < -0.39 is 17.7 Å². The number of benzene rings is 1. The summed E-state index contributed by atoms with van der Waals surface area (Å²) in [7, 11) is 0. The maximum atomic E-state index is 12.8. The van der Waals surface area contributed by atoms with Crippen LogP contribution in [-0.4, -0.2) is 19.2 Å². The number of esters is 1. The topological polar surface area (TPSA) is 35.5 Å². The Morgan fingerprint density at radius 1 is 1.21 bits per heavy atom. The number of ether oxygens (including phenoxy) is 2. The SMILES string of the molecule is CCOCc1cc(C(=O)OCC)ccc1C(F)(F)F. The van der Waals surface area contributed by atoms with E-state index in [1.165, 1.54) is 0 Å². The molecule has 106 valence electrons. The summed E-state index contributed by atoms with van der Waals surface area (Å²) < 4.78 is 48.1. The zero-order valence-electron chi connectivity index (χ0n) is 10.7. The Labute approximate surface area is 109 Å². The molecule has 0 aliphatic carbocycles. The number of alkyl halides is 3. The Morgan fingerprint density at radius 2 is 1.89 bits per heavy atom. The molecule has 0 aromatic heterocycles. The van der Waals surface area contributed by atoms with Gasteiger partial charge in [-0.05, 0) is 37.6 Å². The van der Waals surface area contributed by atoms with E-state index in [-0.39, 0.29) is 24.3 Å². The van der Waals surface area contributed by atoms with E-state index in [1.54, 1.807) is 13.8 Å². The van der Waals surface area contributed by atoms with Crippen molar-refractivity contribution in [2.24, 2.45) is 0 Å². The van der Waals surface area contributed by atoms with E-state index in [1.807, 2.05) is 0 Å². The van der Waals surface area contributed by atoms with Gasteiger partial charge in [0.2, 0.25) is 0 Å². The predicted octanol–water partition coefficient (Wildman–Crippen LogP) is 3.42. The van der Waals surface area contributed by atoms with Crippen LogP contribution in [0.15, 0.2) is 18.2 Å². The fourth-order valence-electron chi connectivity index (χ4n) is 1.54. The zero-order valence-corrected chi connectivity index (χ0v) is 10.7. The molecule has 0 unspecified atom stereocenters. The van der Waals surface area contributed by atoms with Gasteiger partial charge >= 0.3 is 12.1 Å². The number of halogens is 3. The van der Waals surface area contributed by atoms with Gasteiger partial charge < -0.3 is 9.47 Å². The molecule has 0 atom stereocenters. The molecule has 1 aromatic rings.